The van der Waals surface area contributed by atoms with E-state index < -0.39 is 5.41 Å². The summed E-state index contributed by atoms with van der Waals surface area (Å²) in [6.07, 6.45) is 3.86. The molecule has 0 amide bonds. The van der Waals surface area contributed by atoms with Crippen molar-refractivity contribution in [1.82, 2.24) is 0 Å². The molecule has 0 aliphatic heterocycles. The predicted octanol–water partition coefficient (Wildman–Crippen LogP) is 3.86. The van der Waals surface area contributed by atoms with Gasteiger partial charge in [0, 0.05) is 22.9 Å². The number of halogens is 2. The first-order chi connectivity index (χ1) is 9.47. The average molecular weight is 342 g/mol. The van der Waals surface area contributed by atoms with Crippen molar-refractivity contribution < 1.29 is 9.18 Å². The number of rotatable bonds is 4. The van der Waals surface area contributed by atoms with Crippen molar-refractivity contribution >= 4 is 21.7 Å². The zero-order valence-electron chi connectivity index (χ0n) is 11.8. The highest BCUT2D eigenvalue weighted by atomic mass is 79.9. The van der Waals surface area contributed by atoms with Gasteiger partial charge in [0.15, 0.2) is 0 Å². The minimum absolute atomic E-state index is 0.0869. The molecule has 1 fully saturated rings. The monoisotopic (exact) mass is 341 g/mol. The van der Waals surface area contributed by atoms with Crippen molar-refractivity contribution in [2.45, 2.75) is 39.0 Å². The van der Waals surface area contributed by atoms with Gasteiger partial charge in [0.2, 0.25) is 0 Å². The van der Waals surface area contributed by atoms with Gasteiger partial charge in [-0.25, -0.2) is 4.39 Å². The van der Waals surface area contributed by atoms with Crippen molar-refractivity contribution in [2.24, 2.45) is 17.1 Å². The fraction of sp³-hybridized carbons (Fsp3) is 0.562. The lowest BCUT2D eigenvalue weighted by Gasteiger charge is -2.37. The molecule has 0 unspecified atom stereocenters. The summed E-state index contributed by atoms with van der Waals surface area (Å²) in [6, 6.07) is 4.72. The number of nitrogens with two attached hydrogens (primary N) is 1. The van der Waals surface area contributed by atoms with Crippen molar-refractivity contribution in [3.8, 4) is 0 Å². The predicted molar refractivity (Wildman–Crippen MR) is 81.9 cm³/mol. The summed E-state index contributed by atoms with van der Waals surface area (Å²) in [7, 11) is 0. The van der Waals surface area contributed by atoms with Crippen LogP contribution in [0.25, 0.3) is 0 Å². The summed E-state index contributed by atoms with van der Waals surface area (Å²) in [6.45, 7) is 2.58. The van der Waals surface area contributed by atoms with Crippen LogP contribution in [0, 0.1) is 17.2 Å². The second kappa shape index (κ2) is 6.35. The van der Waals surface area contributed by atoms with Gasteiger partial charge in [0.1, 0.15) is 11.6 Å². The van der Waals surface area contributed by atoms with Crippen molar-refractivity contribution in [3.63, 3.8) is 0 Å². The molecular weight excluding hydrogens is 321 g/mol. The molecule has 2 nitrogen and oxygen atoms in total. The Morgan fingerprint density at radius 3 is 2.70 bits per heavy atom. The number of benzene rings is 1. The molecule has 0 spiro atoms. The number of carbonyl (C=O) groups excluding carboxylic acids is 1. The molecule has 2 rings (SSSR count). The van der Waals surface area contributed by atoms with Gasteiger partial charge in [-0.3, -0.25) is 4.79 Å². The Bertz CT molecular complexity index is 495. The minimum atomic E-state index is -0.443. The van der Waals surface area contributed by atoms with Crippen LogP contribution in [-0.4, -0.2) is 12.3 Å². The van der Waals surface area contributed by atoms with E-state index >= 15 is 0 Å². The number of carbonyl (C=O) groups is 1. The first kappa shape index (κ1) is 15.6. The largest absolute Gasteiger partial charge is 0.329 e. The van der Waals surface area contributed by atoms with Gasteiger partial charge in [0.05, 0.1) is 0 Å². The van der Waals surface area contributed by atoms with Crippen molar-refractivity contribution in [3.05, 3.63) is 34.1 Å². The first-order valence-corrected chi connectivity index (χ1v) is 7.93. The van der Waals surface area contributed by atoms with Gasteiger partial charge in [-0.1, -0.05) is 22.9 Å². The third kappa shape index (κ3) is 3.29. The number of hydrogen-bond donors (Lipinski definition) is 1. The Labute approximate surface area is 128 Å². The molecule has 0 bridgehead atoms. The van der Waals surface area contributed by atoms with Crippen LogP contribution in [0.4, 0.5) is 4.39 Å². The highest BCUT2D eigenvalue weighted by molar-refractivity contribution is 9.10. The third-order valence-electron chi connectivity index (χ3n) is 4.57. The summed E-state index contributed by atoms with van der Waals surface area (Å²) < 4.78 is 14.6. The van der Waals surface area contributed by atoms with Crippen LogP contribution < -0.4 is 5.73 Å². The van der Waals surface area contributed by atoms with E-state index in [1.54, 1.807) is 12.1 Å². The number of hydrogen-bond acceptors (Lipinski definition) is 2. The molecule has 2 N–H and O–H groups in total. The zero-order valence-corrected chi connectivity index (χ0v) is 13.4. The third-order valence-corrected chi connectivity index (χ3v) is 5.07. The molecule has 0 heterocycles. The SMILES string of the molecule is CC1CCC(CN)(C(=O)Cc2cc(Br)ccc2F)CC1. The highest BCUT2D eigenvalue weighted by Gasteiger charge is 2.39. The molecular formula is C16H21BrFNO. The molecule has 1 aliphatic carbocycles. The van der Waals surface area contributed by atoms with Crippen molar-refractivity contribution in [1.29, 1.82) is 0 Å². The molecule has 0 saturated heterocycles. The smallest absolute Gasteiger partial charge is 0.144 e. The van der Waals surface area contributed by atoms with E-state index in [9.17, 15) is 9.18 Å². The fourth-order valence-corrected chi connectivity index (χ4v) is 3.36. The maximum Gasteiger partial charge on any atom is 0.144 e. The Morgan fingerprint density at radius 1 is 1.45 bits per heavy atom. The molecule has 0 atom stereocenters. The normalized spacial score (nSPS) is 26.5. The molecule has 1 aliphatic rings. The number of Topliss-reactive ketones (excluding diaryl/α,β-unsaturated/α-hetero) is 1. The molecule has 0 aromatic heterocycles. The highest BCUT2D eigenvalue weighted by Crippen LogP contribution is 2.39. The Morgan fingerprint density at radius 2 is 2.10 bits per heavy atom. The topological polar surface area (TPSA) is 43.1 Å². The van der Waals surface area contributed by atoms with Crippen LogP contribution in [0.15, 0.2) is 22.7 Å². The van der Waals surface area contributed by atoms with Crippen molar-refractivity contribution in [2.75, 3.05) is 6.54 Å². The summed E-state index contributed by atoms with van der Waals surface area (Å²) >= 11 is 3.32. The van der Waals surface area contributed by atoms with Crippen LogP contribution in [0.2, 0.25) is 0 Å². The van der Waals surface area contributed by atoms with Crippen LogP contribution in [-0.2, 0) is 11.2 Å². The lowest BCUT2D eigenvalue weighted by Crippen LogP contribution is -2.42. The quantitative estimate of drug-likeness (QED) is 0.903. The standard InChI is InChI=1S/C16H21BrFNO/c1-11-4-6-16(10-19,7-5-11)15(20)9-12-8-13(17)2-3-14(12)18/h2-3,8,11H,4-7,9-10,19H2,1H3. The molecule has 0 radical (unpaired) electrons. The molecule has 1 saturated carbocycles. The lowest BCUT2D eigenvalue weighted by molar-refractivity contribution is -0.129. The molecule has 4 heteroatoms. The molecule has 1 aromatic rings. The number of ketones is 1. The first-order valence-electron chi connectivity index (χ1n) is 7.14. The van der Waals surface area contributed by atoms with E-state index in [0.717, 1.165) is 30.2 Å². The van der Waals surface area contributed by atoms with Gasteiger partial charge in [-0.05, 0) is 55.4 Å². The molecule has 110 valence electrons. The fourth-order valence-electron chi connectivity index (χ4n) is 2.95. The van der Waals surface area contributed by atoms with Gasteiger partial charge < -0.3 is 5.73 Å². The van der Waals surface area contributed by atoms with Crippen LogP contribution >= 0.6 is 15.9 Å². The van der Waals surface area contributed by atoms with E-state index in [0.29, 0.717) is 18.0 Å². The van der Waals surface area contributed by atoms with E-state index in [2.05, 4.69) is 22.9 Å². The van der Waals surface area contributed by atoms with Gasteiger partial charge >= 0.3 is 0 Å². The van der Waals surface area contributed by atoms with Crippen LogP contribution in [0.1, 0.15) is 38.2 Å². The molecule has 1 aromatic carbocycles. The summed E-state index contributed by atoms with van der Waals surface area (Å²) in [5, 5.41) is 0. The van der Waals surface area contributed by atoms with E-state index in [1.165, 1.54) is 6.07 Å². The molecule has 20 heavy (non-hydrogen) atoms. The summed E-state index contributed by atoms with van der Waals surface area (Å²) in [5.74, 6) is 0.423. The van der Waals surface area contributed by atoms with Crippen LogP contribution in [0.5, 0.6) is 0 Å². The Balaban J connectivity index is 2.15. The van der Waals surface area contributed by atoms with E-state index in [-0.39, 0.29) is 18.0 Å². The Kier molecular flexibility index (Phi) is 4.97. The van der Waals surface area contributed by atoms with E-state index in [4.69, 9.17) is 5.73 Å². The maximum atomic E-state index is 13.8. The average Bonchev–Trinajstić information content (AvgIpc) is 2.44. The second-order valence-corrected chi connectivity index (χ2v) is 6.92. The summed E-state index contributed by atoms with van der Waals surface area (Å²) in [4.78, 5) is 12.6. The van der Waals surface area contributed by atoms with Crippen LogP contribution in [0.3, 0.4) is 0 Å². The minimum Gasteiger partial charge on any atom is -0.329 e. The summed E-state index contributed by atoms with van der Waals surface area (Å²) in [5.41, 5.74) is 5.89. The maximum absolute atomic E-state index is 13.8. The zero-order chi connectivity index (χ0) is 14.8. The van der Waals surface area contributed by atoms with Gasteiger partial charge in [-0.15, -0.1) is 0 Å². The lowest BCUT2D eigenvalue weighted by atomic mass is 9.67. The van der Waals surface area contributed by atoms with Gasteiger partial charge in [0.25, 0.3) is 0 Å². The van der Waals surface area contributed by atoms with E-state index in [1.807, 2.05) is 0 Å². The Hall–Kier alpha value is -0.740. The second-order valence-electron chi connectivity index (χ2n) is 6.00. The van der Waals surface area contributed by atoms with Gasteiger partial charge in [-0.2, -0.15) is 0 Å².